The molecule has 184 valence electrons. The number of benzene rings is 3. The van der Waals surface area contributed by atoms with Crippen molar-refractivity contribution in [3.8, 4) is 0 Å². The number of rotatable bonds is 6. The number of hydrogen-bond donors (Lipinski definition) is 0. The second-order valence-corrected chi connectivity index (χ2v) is 9.23. The van der Waals surface area contributed by atoms with Crippen molar-refractivity contribution < 1.29 is 23.8 Å². The highest BCUT2D eigenvalue weighted by molar-refractivity contribution is 5.90. The van der Waals surface area contributed by atoms with Gasteiger partial charge in [-0.2, -0.15) is 0 Å². The van der Waals surface area contributed by atoms with Crippen molar-refractivity contribution >= 4 is 23.0 Å². The molecule has 0 saturated carbocycles. The molecule has 3 aromatic carbocycles. The first-order valence-corrected chi connectivity index (χ1v) is 12.0. The van der Waals surface area contributed by atoms with Crippen LogP contribution < -0.4 is 0 Å². The van der Waals surface area contributed by atoms with Crippen molar-refractivity contribution in [1.82, 2.24) is 9.55 Å². The minimum absolute atomic E-state index is 0.0410. The fourth-order valence-electron chi connectivity index (χ4n) is 4.40. The number of para-hydroxylation sites is 1. The van der Waals surface area contributed by atoms with Crippen LogP contribution in [0.5, 0.6) is 0 Å². The average molecular weight is 485 g/mol. The number of nitrogens with zero attached hydrogens (tertiary/aromatic N) is 2. The Bertz CT molecular complexity index is 1390. The van der Waals surface area contributed by atoms with Crippen LogP contribution in [0.15, 0.2) is 73.1 Å². The molecule has 0 spiro atoms. The van der Waals surface area contributed by atoms with Gasteiger partial charge < -0.3 is 18.8 Å². The van der Waals surface area contributed by atoms with Crippen LogP contribution >= 0.6 is 0 Å². The van der Waals surface area contributed by atoms with Crippen LogP contribution in [0.4, 0.5) is 0 Å². The maximum Gasteiger partial charge on any atom is 0.338 e. The number of imidazole rings is 1. The Morgan fingerprint density at radius 2 is 1.56 bits per heavy atom. The molecule has 0 aliphatic carbocycles. The van der Waals surface area contributed by atoms with E-state index in [1.54, 1.807) is 30.6 Å². The van der Waals surface area contributed by atoms with Gasteiger partial charge in [-0.1, -0.05) is 47.5 Å². The molecule has 0 N–H and O–H groups in total. The van der Waals surface area contributed by atoms with Gasteiger partial charge in [0.25, 0.3) is 0 Å². The summed E-state index contributed by atoms with van der Waals surface area (Å²) in [7, 11) is 0. The van der Waals surface area contributed by atoms with Gasteiger partial charge in [0.05, 0.1) is 28.5 Å². The molecule has 0 bridgehead atoms. The number of aromatic nitrogens is 2. The molecular weight excluding hydrogens is 456 g/mol. The highest BCUT2D eigenvalue weighted by Gasteiger charge is 2.40. The lowest BCUT2D eigenvalue weighted by molar-refractivity contribution is -0.0562. The molecule has 1 aromatic heterocycles. The maximum atomic E-state index is 12.9. The van der Waals surface area contributed by atoms with Gasteiger partial charge in [-0.05, 0) is 56.7 Å². The quantitative estimate of drug-likeness (QED) is 0.344. The van der Waals surface area contributed by atoms with E-state index in [1.165, 1.54) is 0 Å². The van der Waals surface area contributed by atoms with Gasteiger partial charge in [-0.25, -0.2) is 14.6 Å². The number of carbonyl (C=O) groups excluding carboxylic acids is 2. The minimum atomic E-state index is -0.624. The lowest BCUT2D eigenvalue weighted by atomic mass is 10.1. The van der Waals surface area contributed by atoms with Crippen molar-refractivity contribution in [2.45, 2.75) is 45.6 Å². The van der Waals surface area contributed by atoms with Crippen LogP contribution in [-0.4, -0.2) is 40.3 Å². The number of esters is 2. The Labute approximate surface area is 209 Å². The summed E-state index contributed by atoms with van der Waals surface area (Å²) in [5.41, 5.74) is 5.92. The topological polar surface area (TPSA) is 79.7 Å². The van der Waals surface area contributed by atoms with Crippen molar-refractivity contribution in [3.63, 3.8) is 0 Å². The SMILES string of the molecule is Cc1ccc(C(=O)OC[C@H]2O[C@@H](n3cnc4c(C)cccc43)C[C@@H]2OC(=O)c2ccc(C)cc2)cc1. The summed E-state index contributed by atoms with van der Waals surface area (Å²) in [4.78, 5) is 30.1. The molecule has 1 saturated heterocycles. The second-order valence-electron chi connectivity index (χ2n) is 9.23. The molecule has 36 heavy (non-hydrogen) atoms. The van der Waals surface area contributed by atoms with Crippen LogP contribution in [0.25, 0.3) is 11.0 Å². The molecule has 1 aliphatic heterocycles. The lowest BCUT2D eigenvalue weighted by Crippen LogP contribution is -2.32. The third-order valence-electron chi connectivity index (χ3n) is 6.51. The number of ether oxygens (including phenoxy) is 3. The summed E-state index contributed by atoms with van der Waals surface area (Å²) >= 11 is 0. The Morgan fingerprint density at radius 3 is 2.22 bits per heavy atom. The van der Waals surface area contributed by atoms with E-state index in [1.807, 2.05) is 67.8 Å². The van der Waals surface area contributed by atoms with Crippen LogP contribution in [0.3, 0.4) is 0 Å². The zero-order chi connectivity index (χ0) is 25.2. The molecule has 2 heterocycles. The maximum absolute atomic E-state index is 12.9. The van der Waals surface area contributed by atoms with Crippen molar-refractivity contribution in [1.29, 1.82) is 0 Å². The van der Waals surface area contributed by atoms with E-state index < -0.39 is 30.4 Å². The van der Waals surface area contributed by atoms with E-state index in [-0.39, 0.29) is 6.61 Å². The van der Waals surface area contributed by atoms with Crippen molar-refractivity contribution in [3.05, 3.63) is 101 Å². The summed E-state index contributed by atoms with van der Waals surface area (Å²) in [6.07, 6.45) is 0.500. The Hall–Kier alpha value is -3.97. The molecule has 3 atom stereocenters. The Morgan fingerprint density at radius 1 is 0.917 bits per heavy atom. The Balaban J connectivity index is 1.36. The van der Waals surface area contributed by atoms with E-state index in [0.717, 1.165) is 27.7 Å². The van der Waals surface area contributed by atoms with Gasteiger partial charge in [0.2, 0.25) is 0 Å². The molecule has 7 heteroatoms. The van der Waals surface area contributed by atoms with Crippen molar-refractivity contribution in [2.75, 3.05) is 6.61 Å². The molecule has 4 aromatic rings. The Kier molecular flexibility index (Phi) is 6.57. The standard InChI is InChI=1S/C29H28N2O5/c1-18-7-11-21(12-8-18)28(32)34-16-25-24(36-29(33)22-13-9-19(2)10-14-22)15-26(35-25)31-17-30-27-20(3)5-4-6-23(27)31/h4-14,17,24-26H,15-16H2,1-3H3/t24-,25+,26+/m0/s1. The van der Waals surface area contributed by atoms with E-state index >= 15 is 0 Å². The first kappa shape index (κ1) is 23.8. The zero-order valence-electron chi connectivity index (χ0n) is 20.5. The third-order valence-corrected chi connectivity index (χ3v) is 6.51. The normalized spacial score (nSPS) is 19.4. The van der Waals surface area contributed by atoms with Crippen LogP contribution in [0, 0.1) is 20.8 Å². The van der Waals surface area contributed by atoms with Crippen LogP contribution in [-0.2, 0) is 14.2 Å². The molecule has 0 unspecified atom stereocenters. The third kappa shape index (κ3) is 4.88. The average Bonchev–Trinajstić information content (AvgIpc) is 3.48. The van der Waals surface area contributed by atoms with Gasteiger partial charge in [0, 0.05) is 6.42 Å². The number of fused-ring (bicyclic) bond motifs is 1. The monoisotopic (exact) mass is 484 g/mol. The predicted octanol–water partition coefficient (Wildman–Crippen LogP) is 5.33. The molecule has 0 amide bonds. The fourth-order valence-corrected chi connectivity index (χ4v) is 4.40. The van der Waals surface area contributed by atoms with E-state index in [9.17, 15) is 9.59 Å². The van der Waals surface area contributed by atoms with Crippen LogP contribution in [0.2, 0.25) is 0 Å². The van der Waals surface area contributed by atoms with Crippen LogP contribution in [0.1, 0.15) is 50.1 Å². The second kappa shape index (κ2) is 9.95. The molecule has 5 rings (SSSR count). The van der Waals surface area contributed by atoms with E-state index in [4.69, 9.17) is 14.2 Å². The van der Waals surface area contributed by atoms with Crippen molar-refractivity contribution in [2.24, 2.45) is 0 Å². The molecule has 0 radical (unpaired) electrons. The smallest absolute Gasteiger partial charge is 0.338 e. The van der Waals surface area contributed by atoms with Gasteiger partial charge in [0.15, 0.2) is 0 Å². The van der Waals surface area contributed by atoms with Gasteiger partial charge >= 0.3 is 11.9 Å². The first-order valence-electron chi connectivity index (χ1n) is 12.0. The summed E-state index contributed by atoms with van der Waals surface area (Å²) in [5.74, 6) is -0.889. The lowest BCUT2D eigenvalue weighted by Gasteiger charge is -2.19. The number of hydrogen-bond acceptors (Lipinski definition) is 6. The summed E-state index contributed by atoms with van der Waals surface area (Å²) < 4.78 is 19.7. The summed E-state index contributed by atoms with van der Waals surface area (Å²) in [5, 5.41) is 0. The largest absolute Gasteiger partial charge is 0.459 e. The molecule has 1 fully saturated rings. The van der Waals surface area contributed by atoms with Gasteiger partial charge in [-0.15, -0.1) is 0 Å². The molecular formula is C29H28N2O5. The predicted molar refractivity (Wildman–Crippen MR) is 135 cm³/mol. The fraction of sp³-hybridized carbons (Fsp3) is 0.276. The molecule has 1 aliphatic rings. The minimum Gasteiger partial charge on any atom is -0.459 e. The summed E-state index contributed by atoms with van der Waals surface area (Å²) in [6, 6.07) is 20.3. The van der Waals surface area contributed by atoms with Gasteiger partial charge in [-0.3, -0.25) is 0 Å². The van der Waals surface area contributed by atoms with Gasteiger partial charge in [0.1, 0.15) is 25.0 Å². The number of carbonyl (C=O) groups is 2. The molecule has 7 nitrogen and oxygen atoms in total. The summed E-state index contributed by atoms with van der Waals surface area (Å²) in [6.45, 7) is 5.88. The first-order chi connectivity index (χ1) is 17.4. The van der Waals surface area contributed by atoms with E-state index in [0.29, 0.717) is 17.5 Å². The highest BCUT2D eigenvalue weighted by Crippen LogP contribution is 2.34. The van der Waals surface area contributed by atoms with E-state index in [2.05, 4.69) is 4.98 Å². The number of aryl methyl sites for hydroxylation is 3. The zero-order valence-corrected chi connectivity index (χ0v) is 20.5. The highest BCUT2D eigenvalue weighted by atomic mass is 16.6.